The number of benzene rings is 1. The number of alkyl halides is 3. The monoisotopic (exact) mass is 320 g/mol. The number of para-hydroxylation sites is 1. The SMILES string of the molecule is O=C(O)C(F)(F)F.OC(CNc1ccccc1)[C@H]1CCCN1. The van der Waals surface area contributed by atoms with E-state index >= 15 is 0 Å². The standard InChI is InChI=1S/C12H18N2O.C2HF3O2/c15-12(11-7-4-8-13-11)9-14-10-5-2-1-3-6-10;3-2(4,5)1(6)7/h1-3,5-6,11-15H,4,7-9H2;(H,6,7)/t11-,12?;/m1./s1. The van der Waals surface area contributed by atoms with E-state index in [1.165, 1.54) is 6.42 Å². The minimum atomic E-state index is -5.08. The number of hydrogen-bond donors (Lipinski definition) is 4. The van der Waals surface area contributed by atoms with Gasteiger partial charge in [0, 0.05) is 18.3 Å². The van der Waals surface area contributed by atoms with Gasteiger partial charge in [-0.1, -0.05) is 18.2 Å². The molecule has 8 heteroatoms. The number of rotatable bonds is 4. The minimum absolute atomic E-state index is 0.265. The molecule has 0 saturated carbocycles. The molecule has 0 radical (unpaired) electrons. The third-order valence-electron chi connectivity index (χ3n) is 3.09. The second-order valence-corrected chi connectivity index (χ2v) is 4.82. The number of aliphatic carboxylic acids is 1. The molecule has 0 aromatic heterocycles. The van der Waals surface area contributed by atoms with Gasteiger partial charge in [-0.2, -0.15) is 13.2 Å². The molecule has 1 unspecified atom stereocenters. The molecule has 0 amide bonds. The number of anilines is 1. The number of carboxylic acids is 1. The molecular formula is C14H19F3N2O3. The lowest BCUT2D eigenvalue weighted by Gasteiger charge is -2.19. The largest absolute Gasteiger partial charge is 0.490 e. The first-order chi connectivity index (χ1) is 10.3. The zero-order valence-electron chi connectivity index (χ0n) is 11.8. The Bertz CT molecular complexity index is 448. The summed E-state index contributed by atoms with van der Waals surface area (Å²) in [5.74, 6) is -2.76. The molecule has 1 aliphatic heterocycles. The fourth-order valence-corrected chi connectivity index (χ4v) is 1.96. The van der Waals surface area contributed by atoms with Gasteiger partial charge in [0.15, 0.2) is 0 Å². The van der Waals surface area contributed by atoms with E-state index in [-0.39, 0.29) is 12.1 Å². The highest BCUT2D eigenvalue weighted by molar-refractivity contribution is 5.73. The molecule has 1 aromatic rings. The predicted molar refractivity (Wildman–Crippen MR) is 75.7 cm³/mol. The molecule has 124 valence electrons. The van der Waals surface area contributed by atoms with Crippen LogP contribution in [0.25, 0.3) is 0 Å². The van der Waals surface area contributed by atoms with Crippen LogP contribution in [-0.4, -0.2) is 47.6 Å². The Morgan fingerprint density at radius 2 is 1.95 bits per heavy atom. The summed E-state index contributed by atoms with van der Waals surface area (Å²) in [5, 5.41) is 23.5. The van der Waals surface area contributed by atoms with E-state index in [0.29, 0.717) is 6.54 Å². The zero-order chi connectivity index (χ0) is 16.6. The van der Waals surface area contributed by atoms with Crippen molar-refractivity contribution in [1.82, 2.24) is 5.32 Å². The van der Waals surface area contributed by atoms with Crippen molar-refractivity contribution in [2.24, 2.45) is 0 Å². The lowest BCUT2D eigenvalue weighted by molar-refractivity contribution is -0.192. The maximum absolute atomic E-state index is 10.6. The smallest absolute Gasteiger partial charge is 0.475 e. The molecule has 0 spiro atoms. The highest BCUT2D eigenvalue weighted by Crippen LogP contribution is 2.13. The summed E-state index contributed by atoms with van der Waals surface area (Å²) in [4.78, 5) is 8.90. The van der Waals surface area contributed by atoms with Crippen molar-refractivity contribution in [1.29, 1.82) is 0 Å². The maximum Gasteiger partial charge on any atom is 0.490 e. The zero-order valence-corrected chi connectivity index (χ0v) is 11.8. The van der Waals surface area contributed by atoms with Crippen molar-refractivity contribution in [2.75, 3.05) is 18.4 Å². The maximum atomic E-state index is 10.6. The number of hydrogen-bond acceptors (Lipinski definition) is 4. The number of aliphatic hydroxyl groups excluding tert-OH is 1. The molecule has 1 aliphatic rings. The quantitative estimate of drug-likeness (QED) is 0.681. The molecule has 1 saturated heterocycles. The number of carboxylic acid groups (broad SMARTS) is 1. The summed E-state index contributed by atoms with van der Waals surface area (Å²) >= 11 is 0. The first-order valence-electron chi connectivity index (χ1n) is 6.81. The van der Waals surface area contributed by atoms with Crippen LogP contribution in [0.1, 0.15) is 12.8 Å². The molecule has 1 fully saturated rings. The Morgan fingerprint density at radius 3 is 2.41 bits per heavy atom. The Balaban J connectivity index is 0.000000295. The highest BCUT2D eigenvalue weighted by Gasteiger charge is 2.38. The minimum Gasteiger partial charge on any atom is -0.475 e. The molecule has 5 nitrogen and oxygen atoms in total. The van der Waals surface area contributed by atoms with Crippen molar-refractivity contribution >= 4 is 11.7 Å². The molecule has 0 bridgehead atoms. The van der Waals surface area contributed by atoms with E-state index in [2.05, 4.69) is 10.6 Å². The lowest BCUT2D eigenvalue weighted by Crippen LogP contribution is -2.39. The fraction of sp³-hybridized carbons (Fsp3) is 0.500. The summed E-state index contributed by atoms with van der Waals surface area (Å²) in [6, 6.07) is 10.2. The Hall–Kier alpha value is -1.80. The molecule has 1 aromatic carbocycles. The van der Waals surface area contributed by atoms with Crippen molar-refractivity contribution in [3.8, 4) is 0 Å². The van der Waals surface area contributed by atoms with Gasteiger partial charge in [0.2, 0.25) is 0 Å². The van der Waals surface area contributed by atoms with Crippen molar-refractivity contribution in [2.45, 2.75) is 31.2 Å². The van der Waals surface area contributed by atoms with Crippen LogP contribution in [0.2, 0.25) is 0 Å². The third-order valence-corrected chi connectivity index (χ3v) is 3.09. The van der Waals surface area contributed by atoms with Crippen LogP contribution in [0.3, 0.4) is 0 Å². The van der Waals surface area contributed by atoms with E-state index < -0.39 is 12.1 Å². The number of halogens is 3. The highest BCUT2D eigenvalue weighted by atomic mass is 19.4. The van der Waals surface area contributed by atoms with Crippen LogP contribution in [-0.2, 0) is 4.79 Å². The van der Waals surface area contributed by atoms with Crippen LogP contribution in [0, 0.1) is 0 Å². The van der Waals surface area contributed by atoms with Gasteiger partial charge < -0.3 is 20.8 Å². The van der Waals surface area contributed by atoms with Gasteiger partial charge in [-0.15, -0.1) is 0 Å². The summed E-state index contributed by atoms with van der Waals surface area (Å²) < 4.78 is 31.7. The lowest BCUT2D eigenvalue weighted by atomic mass is 10.1. The molecule has 2 rings (SSSR count). The average molecular weight is 320 g/mol. The van der Waals surface area contributed by atoms with Gasteiger partial charge in [0.1, 0.15) is 0 Å². The first kappa shape index (κ1) is 18.2. The third kappa shape index (κ3) is 6.77. The van der Waals surface area contributed by atoms with Gasteiger partial charge in [-0.3, -0.25) is 0 Å². The van der Waals surface area contributed by atoms with E-state index in [4.69, 9.17) is 9.90 Å². The predicted octanol–water partition coefficient (Wildman–Crippen LogP) is 1.84. The normalized spacial score (nSPS) is 19.0. The second kappa shape index (κ2) is 8.60. The molecular weight excluding hydrogens is 301 g/mol. The summed E-state index contributed by atoms with van der Waals surface area (Å²) in [6.07, 6.45) is -3.13. The van der Waals surface area contributed by atoms with Crippen LogP contribution >= 0.6 is 0 Å². The van der Waals surface area contributed by atoms with Gasteiger partial charge in [-0.25, -0.2) is 4.79 Å². The van der Waals surface area contributed by atoms with Crippen molar-refractivity contribution in [3.05, 3.63) is 30.3 Å². The molecule has 2 atom stereocenters. The van der Waals surface area contributed by atoms with Gasteiger partial charge in [0.25, 0.3) is 0 Å². The van der Waals surface area contributed by atoms with Gasteiger partial charge in [-0.05, 0) is 31.5 Å². The molecule has 4 N–H and O–H groups in total. The van der Waals surface area contributed by atoms with Crippen LogP contribution < -0.4 is 10.6 Å². The van der Waals surface area contributed by atoms with Crippen molar-refractivity contribution < 1.29 is 28.2 Å². The Morgan fingerprint density at radius 1 is 1.36 bits per heavy atom. The summed E-state index contributed by atoms with van der Waals surface area (Å²) in [5.41, 5.74) is 1.06. The number of carbonyl (C=O) groups is 1. The Labute approximate surface area is 126 Å². The van der Waals surface area contributed by atoms with Crippen LogP contribution in [0.15, 0.2) is 30.3 Å². The van der Waals surface area contributed by atoms with E-state index in [1.54, 1.807) is 0 Å². The topological polar surface area (TPSA) is 81.6 Å². The van der Waals surface area contributed by atoms with E-state index in [0.717, 1.165) is 18.7 Å². The van der Waals surface area contributed by atoms with E-state index in [1.807, 2.05) is 30.3 Å². The fourth-order valence-electron chi connectivity index (χ4n) is 1.96. The average Bonchev–Trinajstić information content (AvgIpc) is 3.00. The molecule has 22 heavy (non-hydrogen) atoms. The molecule has 1 heterocycles. The number of nitrogens with one attached hydrogen (secondary N) is 2. The number of aliphatic hydroxyl groups is 1. The van der Waals surface area contributed by atoms with Crippen LogP contribution in [0.5, 0.6) is 0 Å². The van der Waals surface area contributed by atoms with Crippen molar-refractivity contribution in [3.63, 3.8) is 0 Å². The first-order valence-corrected chi connectivity index (χ1v) is 6.81. The van der Waals surface area contributed by atoms with Crippen LogP contribution in [0.4, 0.5) is 18.9 Å². The molecule has 0 aliphatic carbocycles. The summed E-state index contributed by atoms with van der Waals surface area (Å²) in [7, 11) is 0. The summed E-state index contributed by atoms with van der Waals surface area (Å²) in [6.45, 7) is 1.65. The second-order valence-electron chi connectivity index (χ2n) is 4.82. The van der Waals surface area contributed by atoms with Gasteiger partial charge >= 0.3 is 12.1 Å². The Kier molecular flexibility index (Phi) is 7.13. The van der Waals surface area contributed by atoms with E-state index in [9.17, 15) is 18.3 Å². The van der Waals surface area contributed by atoms with Gasteiger partial charge in [0.05, 0.1) is 6.10 Å².